The van der Waals surface area contributed by atoms with Crippen LogP contribution in [0.2, 0.25) is 0 Å². The Morgan fingerprint density at radius 2 is 1.27 bits per heavy atom. The number of aliphatic hydroxyl groups is 2. The van der Waals surface area contributed by atoms with Crippen molar-refractivity contribution in [1.82, 2.24) is 42.1 Å². The van der Waals surface area contributed by atoms with E-state index in [4.69, 9.17) is 11.5 Å². The van der Waals surface area contributed by atoms with Crippen LogP contribution < -0.4 is 48.7 Å². The van der Waals surface area contributed by atoms with Gasteiger partial charge >= 0.3 is 5.97 Å². The molecular weight excluding hydrogens is 885 g/mol. The molecule has 1 heterocycles. The first-order chi connectivity index (χ1) is 31.3. The summed E-state index contributed by atoms with van der Waals surface area (Å²) in [5.74, 6) is -7.97. The van der Waals surface area contributed by atoms with Gasteiger partial charge in [0.1, 0.15) is 54.1 Å². The number of rotatable bonds is 29. The maximum atomic E-state index is 14.0. The average molecular weight is 953 g/mol. The first-order valence-electron chi connectivity index (χ1n) is 21.9. The van der Waals surface area contributed by atoms with E-state index in [0.29, 0.717) is 50.0 Å². The fraction of sp³-hybridized carbons (Fsp3) is 0.643. The summed E-state index contributed by atoms with van der Waals surface area (Å²) in [6.07, 6.45) is 3.80. The summed E-state index contributed by atoms with van der Waals surface area (Å²) >= 11 is 1.36. The van der Waals surface area contributed by atoms with Gasteiger partial charge in [-0.15, -0.1) is 0 Å². The molecule has 1 aromatic carbocycles. The second-order valence-electron chi connectivity index (χ2n) is 16.0. The minimum atomic E-state index is -1.67. The van der Waals surface area contributed by atoms with Crippen molar-refractivity contribution in [1.29, 1.82) is 0 Å². The van der Waals surface area contributed by atoms with E-state index in [-0.39, 0.29) is 38.1 Å². The number of carbonyl (C=O) groups excluding carboxylic acids is 8. The number of carboxylic acids is 1. The monoisotopic (exact) mass is 952 g/mol. The summed E-state index contributed by atoms with van der Waals surface area (Å²) < 4.78 is 0. The number of unbranched alkanes of at least 4 members (excludes halogenated alkanes) is 1. The first kappa shape index (κ1) is 56.6. The molecule has 1 aliphatic heterocycles. The Balaban J connectivity index is 2.30. The van der Waals surface area contributed by atoms with Crippen LogP contribution in [0.15, 0.2) is 24.3 Å². The molecule has 9 atom stereocenters. The van der Waals surface area contributed by atoms with E-state index in [1.807, 2.05) is 0 Å². The molecule has 15 N–H and O–H groups in total. The molecule has 1 aromatic rings. The Morgan fingerprint density at radius 1 is 0.727 bits per heavy atom. The molecular formula is C42H68N10O13S. The number of aromatic hydroxyl groups is 1. The van der Waals surface area contributed by atoms with Gasteiger partial charge in [-0.25, -0.2) is 4.79 Å². The van der Waals surface area contributed by atoms with Crippen molar-refractivity contribution in [3.8, 4) is 5.75 Å². The SMILES string of the molecule is CC[C@H](C)[C@H](NC(=O)[C@H](CO)NC(=O)[C@H](Cc1ccc(O)cc1)NC(=O)[C@H](C)NC(=O)[C@@H]1CCCN1C(=O)CN)C(=O)N[C@@H](CCCCN)C(=O)N[C@@H](CCSC)C(=O)N[C@@H](CO)C(=O)O. The second kappa shape index (κ2) is 29.2. The van der Waals surface area contributed by atoms with Crippen LogP contribution in [0.5, 0.6) is 5.75 Å². The Labute approximate surface area is 388 Å². The van der Waals surface area contributed by atoms with Crippen molar-refractivity contribution in [2.24, 2.45) is 17.4 Å². The van der Waals surface area contributed by atoms with Crippen molar-refractivity contribution in [2.45, 2.75) is 120 Å². The number of likely N-dealkylation sites (tertiary alicyclic amines) is 1. The number of nitrogens with one attached hydrogen (secondary N) is 7. The Bertz CT molecular complexity index is 1810. The number of hydrogen-bond donors (Lipinski definition) is 13. The topological polar surface area (TPSA) is 374 Å². The first-order valence-corrected chi connectivity index (χ1v) is 23.3. The zero-order valence-corrected chi connectivity index (χ0v) is 38.7. The number of aliphatic carboxylic acids is 1. The number of thioether (sulfide) groups is 1. The fourth-order valence-corrected chi connectivity index (χ4v) is 7.36. The molecule has 8 amide bonds. The third-order valence-electron chi connectivity index (χ3n) is 11.0. The van der Waals surface area contributed by atoms with Gasteiger partial charge < -0.3 is 74.0 Å². The molecule has 1 aliphatic rings. The number of amides is 8. The summed E-state index contributed by atoms with van der Waals surface area (Å²) in [7, 11) is 0. The molecule has 1 saturated heterocycles. The molecule has 0 radical (unpaired) electrons. The zero-order chi connectivity index (χ0) is 49.5. The van der Waals surface area contributed by atoms with E-state index < -0.39 is 121 Å². The van der Waals surface area contributed by atoms with Crippen molar-refractivity contribution in [2.75, 3.05) is 44.9 Å². The Hall–Kier alpha value is -5.56. The summed E-state index contributed by atoms with van der Waals surface area (Å²) in [5, 5.41) is 56.4. The van der Waals surface area contributed by atoms with E-state index in [2.05, 4.69) is 37.2 Å². The Morgan fingerprint density at radius 3 is 1.83 bits per heavy atom. The number of carboxylic acid groups (broad SMARTS) is 1. The van der Waals surface area contributed by atoms with E-state index in [9.17, 15) is 63.6 Å². The smallest absolute Gasteiger partial charge is 0.328 e. The van der Waals surface area contributed by atoms with E-state index >= 15 is 0 Å². The van der Waals surface area contributed by atoms with Crippen LogP contribution in [0.4, 0.5) is 0 Å². The molecule has 66 heavy (non-hydrogen) atoms. The lowest BCUT2D eigenvalue weighted by Gasteiger charge is -2.29. The molecule has 0 saturated carbocycles. The van der Waals surface area contributed by atoms with Crippen LogP contribution in [0.25, 0.3) is 0 Å². The van der Waals surface area contributed by atoms with Gasteiger partial charge in [-0.05, 0) is 87.6 Å². The number of benzene rings is 1. The molecule has 0 bridgehead atoms. The highest BCUT2D eigenvalue weighted by atomic mass is 32.2. The number of carbonyl (C=O) groups is 9. The number of hydrogen-bond acceptors (Lipinski definition) is 15. The van der Waals surface area contributed by atoms with E-state index in [1.165, 1.54) is 47.9 Å². The largest absolute Gasteiger partial charge is 0.508 e. The lowest BCUT2D eigenvalue weighted by Crippen LogP contribution is -2.61. The van der Waals surface area contributed by atoms with Crippen LogP contribution in [0.3, 0.4) is 0 Å². The van der Waals surface area contributed by atoms with Crippen molar-refractivity contribution < 1.29 is 63.6 Å². The van der Waals surface area contributed by atoms with Crippen molar-refractivity contribution >= 4 is 65.0 Å². The maximum Gasteiger partial charge on any atom is 0.328 e. The zero-order valence-electron chi connectivity index (χ0n) is 37.9. The van der Waals surface area contributed by atoms with Gasteiger partial charge in [-0.2, -0.15) is 11.8 Å². The molecule has 0 spiro atoms. The predicted octanol–water partition coefficient (Wildman–Crippen LogP) is -3.70. The molecule has 24 heteroatoms. The average Bonchev–Trinajstić information content (AvgIpc) is 3.80. The van der Waals surface area contributed by atoms with Crippen LogP contribution in [0.1, 0.15) is 71.3 Å². The van der Waals surface area contributed by atoms with E-state index in [1.54, 1.807) is 20.1 Å². The number of aliphatic hydroxyl groups excluding tert-OH is 2. The van der Waals surface area contributed by atoms with Crippen LogP contribution in [0, 0.1) is 5.92 Å². The minimum Gasteiger partial charge on any atom is -0.508 e. The number of nitrogens with two attached hydrogens (primary N) is 2. The quantitative estimate of drug-likeness (QED) is 0.0344. The van der Waals surface area contributed by atoms with Crippen LogP contribution >= 0.6 is 11.8 Å². The van der Waals surface area contributed by atoms with Gasteiger partial charge in [0, 0.05) is 13.0 Å². The maximum absolute atomic E-state index is 14.0. The standard InChI is InChI=1S/C42H68N10O13S/c1-5-23(2)34(41(63)47-27(9-6-7-16-43)36(58)46-28(15-18-66-4)37(59)50-31(22-54)42(64)65)51-39(61)30(21-53)49-38(60)29(19-25-11-13-26(55)14-12-25)48-35(57)24(3)45-40(62)32-10-8-17-52(32)33(56)20-44/h11-14,23-24,27-32,34,53-55H,5-10,15-22,43-44H2,1-4H3,(H,45,62)(H,46,58)(H,47,63)(H,48,57)(H,49,60)(H,50,59)(H,51,61)(H,64,65)/t23-,24-,27-,28-,29-,30-,31-,32-,34-/m0/s1. The number of nitrogens with zero attached hydrogens (tertiary/aromatic N) is 1. The number of phenols is 1. The Kier molecular flexibility index (Phi) is 25.0. The highest BCUT2D eigenvalue weighted by Gasteiger charge is 2.37. The van der Waals surface area contributed by atoms with Gasteiger partial charge in [0.05, 0.1) is 19.8 Å². The molecule has 2 rings (SSSR count). The second-order valence-corrected chi connectivity index (χ2v) is 17.0. The predicted molar refractivity (Wildman–Crippen MR) is 242 cm³/mol. The van der Waals surface area contributed by atoms with E-state index in [0.717, 1.165) is 0 Å². The lowest BCUT2D eigenvalue weighted by atomic mass is 9.97. The molecule has 23 nitrogen and oxygen atoms in total. The molecule has 1 fully saturated rings. The van der Waals surface area contributed by atoms with Gasteiger partial charge in [-0.1, -0.05) is 32.4 Å². The van der Waals surface area contributed by atoms with Crippen molar-refractivity contribution in [3.05, 3.63) is 29.8 Å². The summed E-state index contributed by atoms with van der Waals surface area (Å²) in [6, 6.07) is -4.88. The normalized spacial score (nSPS) is 17.0. The van der Waals surface area contributed by atoms with Gasteiger partial charge in [0.2, 0.25) is 47.3 Å². The summed E-state index contributed by atoms with van der Waals surface area (Å²) in [4.78, 5) is 120. The lowest BCUT2D eigenvalue weighted by molar-refractivity contribution is -0.143. The highest BCUT2D eigenvalue weighted by Crippen LogP contribution is 2.18. The summed E-state index contributed by atoms with van der Waals surface area (Å²) in [5.41, 5.74) is 11.6. The molecule has 0 aromatic heterocycles. The third-order valence-corrected chi connectivity index (χ3v) is 11.7. The summed E-state index contributed by atoms with van der Waals surface area (Å²) in [6.45, 7) is 3.20. The molecule has 0 unspecified atom stereocenters. The van der Waals surface area contributed by atoms with Crippen molar-refractivity contribution in [3.63, 3.8) is 0 Å². The van der Waals surface area contributed by atoms with Crippen LogP contribution in [-0.2, 0) is 49.6 Å². The van der Waals surface area contributed by atoms with Gasteiger partial charge in [0.25, 0.3) is 0 Å². The third kappa shape index (κ3) is 18.0. The number of phenolic OH excluding ortho intramolecular Hbond substituents is 1. The minimum absolute atomic E-state index is 0.0555. The van der Waals surface area contributed by atoms with Crippen LogP contribution in [-0.4, -0.2) is 172 Å². The highest BCUT2D eigenvalue weighted by molar-refractivity contribution is 7.98. The van der Waals surface area contributed by atoms with Gasteiger partial charge in [0.15, 0.2) is 0 Å². The molecule has 0 aliphatic carbocycles. The fourth-order valence-electron chi connectivity index (χ4n) is 6.88. The molecule has 370 valence electrons. The van der Waals surface area contributed by atoms with Gasteiger partial charge in [-0.3, -0.25) is 38.4 Å².